The number of nitrogens with one attached hydrogen (secondary N) is 5. The van der Waals surface area contributed by atoms with Crippen LogP contribution in [0.25, 0.3) is 0 Å². The van der Waals surface area contributed by atoms with Gasteiger partial charge in [-0.15, -0.1) is 0 Å². The molecule has 1 saturated heterocycles. The van der Waals surface area contributed by atoms with E-state index in [0.717, 1.165) is 0 Å². The lowest BCUT2D eigenvalue weighted by Crippen LogP contribution is -2.72. The lowest BCUT2D eigenvalue weighted by molar-refractivity contribution is -0.0163. The van der Waals surface area contributed by atoms with Gasteiger partial charge >= 0.3 is 6.03 Å². The Morgan fingerprint density at radius 1 is 1.30 bits per heavy atom. The second-order valence-electron chi connectivity index (χ2n) is 5.03. The van der Waals surface area contributed by atoms with Crippen LogP contribution < -0.4 is 26.7 Å². The fraction of sp³-hybridized carbons (Fsp3) is 0.462. The Morgan fingerprint density at radius 3 is 2.70 bits per heavy atom. The van der Waals surface area contributed by atoms with Crippen molar-refractivity contribution in [3.05, 3.63) is 28.2 Å². The average molecular weight is 366 g/mol. The first kappa shape index (κ1) is 18.2. The second-order valence-corrected chi connectivity index (χ2v) is 5.84. The third kappa shape index (κ3) is 4.90. The molecule has 128 valence electrons. The van der Waals surface area contributed by atoms with Crippen molar-refractivity contribution >= 4 is 34.9 Å². The lowest BCUT2D eigenvalue weighted by Gasteiger charge is -2.38. The minimum absolute atomic E-state index is 0.330. The highest BCUT2D eigenvalue weighted by atomic mass is 35.5. The number of hydroxylamine groups is 1. The molecule has 23 heavy (non-hydrogen) atoms. The molecular weight excluding hydrogens is 348 g/mol. The van der Waals surface area contributed by atoms with Crippen molar-refractivity contribution in [3.63, 3.8) is 0 Å². The van der Waals surface area contributed by atoms with Crippen LogP contribution in [0.1, 0.15) is 6.92 Å². The second kappa shape index (κ2) is 8.09. The molecule has 10 heteroatoms. The lowest BCUT2D eigenvalue weighted by atomic mass is 10.1. The fourth-order valence-electron chi connectivity index (χ4n) is 2.14. The highest BCUT2D eigenvalue weighted by Crippen LogP contribution is 2.24. The normalized spacial score (nSPS) is 27.5. The Labute approximate surface area is 143 Å². The van der Waals surface area contributed by atoms with E-state index in [-0.39, 0.29) is 0 Å². The van der Waals surface area contributed by atoms with Gasteiger partial charge in [-0.3, -0.25) is 10.6 Å². The number of anilines is 1. The summed E-state index contributed by atoms with van der Waals surface area (Å²) in [6.07, 6.45) is -2.63. The van der Waals surface area contributed by atoms with Crippen LogP contribution in [-0.2, 0) is 4.84 Å². The molecular formula is C13H18Cl2FN5O2. The number of benzene rings is 1. The zero-order valence-corrected chi connectivity index (χ0v) is 14.0. The first-order chi connectivity index (χ1) is 10.9. The maximum atomic E-state index is 13.9. The van der Waals surface area contributed by atoms with Crippen LogP contribution in [0.3, 0.4) is 0 Å². The number of urea groups is 1. The van der Waals surface area contributed by atoms with Crippen molar-refractivity contribution in [1.82, 2.24) is 21.4 Å². The van der Waals surface area contributed by atoms with E-state index >= 15 is 0 Å². The van der Waals surface area contributed by atoms with Gasteiger partial charge in [-0.1, -0.05) is 23.2 Å². The van der Waals surface area contributed by atoms with Crippen molar-refractivity contribution in [2.75, 3.05) is 12.4 Å². The summed E-state index contributed by atoms with van der Waals surface area (Å²) in [7, 11) is 1.39. The maximum absolute atomic E-state index is 13.9. The van der Waals surface area contributed by atoms with Crippen molar-refractivity contribution in [1.29, 1.82) is 0 Å². The monoisotopic (exact) mass is 365 g/mol. The third-order valence-corrected chi connectivity index (χ3v) is 4.01. The summed E-state index contributed by atoms with van der Waals surface area (Å²) in [5.74, 6) is 0. The standard InChI is InChI=1S/C13H18Cl2FN5O2/c1-6-10(16)11(21-23-2)19-12(17-6)20-13(22)18-7-3-4-8(14)9(15)5-7/h3-6,10-12,17,19,21H,1-2H3,(H2,18,20,22). The van der Waals surface area contributed by atoms with Gasteiger partial charge in [0.2, 0.25) is 0 Å². The number of carbonyl (C=O) groups is 1. The molecule has 1 aromatic rings. The Bertz CT molecular complexity index is 565. The number of hydrogen-bond donors (Lipinski definition) is 5. The van der Waals surface area contributed by atoms with E-state index in [1.54, 1.807) is 19.1 Å². The maximum Gasteiger partial charge on any atom is 0.321 e. The van der Waals surface area contributed by atoms with Crippen LogP contribution >= 0.6 is 23.2 Å². The zero-order valence-electron chi connectivity index (χ0n) is 12.5. The van der Waals surface area contributed by atoms with Crippen molar-refractivity contribution in [2.24, 2.45) is 0 Å². The number of amides is 2. The van der Waals surface area contributed by atoms with E-state index in [9.17, 15) is 9.18 Å². The van der Waals surface area contributed by atoms with E-state index in [2.05, 4.69) is 26.7 Å². The Kier molecular flexibility index (Phi) is 6.40. The van der Waals surface area contributed by atoms with Gasteiger partial charge in [0.05, 0.1) is 17.2 Å². The number of carbonyl (C=O) groups excluding carboxylic acids is 1. The summed E-state index contributed by atoms with van der Waals surface area (Å²) in [5.41, 5.74) is 2.98. The van der Waals surface area contributed by atoms with Gasteiger partial charge in [0.1, 0.15) is 18.6 Å². The third-order valence-electron chi connectivity index (χ3n) is 3.27. The quantitative estimate of drug-likeness (QED) is 0.525. The summed E-state index contributed by atoms with van der Waals surface area (Å²) >= 11 is 11.7. The predicted octanol–water partition coefficient (Wildman–Crippen LogP) is 1.79. The molecule has 0 aromatic heterocycles. The first-order valence-electron chi connectivity index (χ1n) is 6.88. The van der Waals surface area contributed by atoms with Crippen LogP contribution in [0, 0.1) is 0 Å². The molecule has 5 N–H and O–H groups in total. The van der Waals surface area contributed by atoms with Crippen molar-refractivity contribution < 1.29 is 14.0 Å². The van der Waals surface area contributed by atoms with Crippen LogP contribution in [-0.4, -0.2) is 37.8 Å². The van der Waals surface area contributed by atoms with Gasteiger partial charge in [0.25, 0.3) is 0 Å². The molecule has 1 aliphatic rings. The van der Waals surface area contributed by atoms with Crippen LogP contribution in [0.2, 0.25) is 10.0 Å². The molecule has 0 spiro atoms. The molecule has 4 atom stereocenters. The molecule has 1 aromatic carbocycles. The van der Waals surface area contributed by atoms with Gasteiger partial charge in [-0.05, 0) is 25.1 Å². The molecule has 1 aliphatic heterocycles. The summed E-state index contributed by atoms with van der Waals surface area (Å²) in [6.45, 7) is 1.67. The highest BCUT2D eigenvalue weighted by Gasteiger charge is 2.35. The van der Waals surface area contributed by atoms with E-state index in [1.165, 1.54) is 13.2 Å². The van der Waals surface area contributed by atoms with Gasteiger partial charge in [-0.25, -0.2) is 9.18 Å². The molecule has 2 rings (SSSR count). The predicted molar refractivity (Wildman–Crippen MR) is 87.0 cm³/mol. The number of alkyl halides is 1. The van der Waals surface area contributed by atoms with E-state index < -0.39 is 30.7 Å². The van der Waals surface area contributed by atoms with Gasteiger partial charge in [0, 0.05) is 11.7 Å². The molecule has 1 fully saturated rings. The zero-order chi connectivity index (χ0) is 17.0. The first-order valence-corrected chi connectivity index (χ1v) is 7.63. The Morgan fingerprint density at radius 2 is 2.04 bits per heavy atom. The molecule has 0 radical (unpaired) electrons. The van der Waals surface area contributed by atoms with Crippen molar-refractivity contribution in [2.45, 2.75) is 31.6 Å². The van der Waals surface area contributed by atoms with E-state index in [1.807, 2.05) is 0 Å². The number of halogens is 3. The molecule has 7 nitrogen and oxygen atoms in total. The molecule has 0 bridgehead atoms. The topological polar surface area (TPSA) is 86.5 Å². The van der Waals surface area contributed by atoms with Crippen molar-refractivity contribution in [3.8, 4) is 0 Å². The molecule has 0 aliphatic carbocycles. The summed E-state index contributed by atoms with van der Waals surface area (Å²) < 4.78 is 13.9. The molecule has 0 saturated carbocycles. The van der Waals surface area contributed by atoms with Gasteiger partial charge in [0.15, 0.2) is 0 Å². The smallest absolute Gasteiger partial charge is 0.310 e. The van der Waals surface area contributed by atoms with Gasteiger partial charge in [-0.2, -0.15) is 5.48 Å². The SMILES string of the molecule is CONC1NC(NC(=O)Nc2ccc(Cl)c(Cl)c2)NC(C)C1F. The minimum Gasteiger partial charge on any atom is -0.310 e. The molecule has 4 unspecified atom stereocenters. The number of hydrogen-bond acceptors (Lipinski definition) is 5. The Hall–Kier alpha value is -1.16. The average Bonchev–Trinajstić information content (AvgIpc) is 2.48. The Balaban J connectivity index is 1.92. The summed E-state index contributed by atoms with van der Waals surface area (Å²) in [6, 6.07) is 3.74. The molecule has 2 amide bonds. The van der Waals surface area contributed by atoms with E-state index in [0.29, 0.717) is 15.7 Å². The largest absolute Gasteiger partial charge is 0.321 e. The fourth-order valence-corrected chi connectivity index (χ4v) is 2.44. The minimum atomic E-state index is -1.23. The number of rotatable bonds is 4. The van der Waals surface area contributed by atoms with Gasteiger partial charge < -0.3 is 15.5 Å². The van der Waals surface area contributed by atoms with Crippen LogP contribution in [0.4, 0.5) is 14.9 Å². The molecule has 1 heterocycles. The van der Waals surface area contributed by atoms with Crippen LogP contribution in [0.5, 0.6) is 0 Å². The highest BCUT2D eigenvalue weighted by molar-refractivity contribution is 6.42. The summed E-state index contributed by atoms with van der Waals surface area (Å²) in [5, 5.41) is 11.7. The van der Waals surface area contributed by atoms with Crippen LogP contribution in [0.15, 0.2) is 18.2 Å². The van der Waals surface area contributed by atoms with E-state index in [4.69, 9.17) is 28.0 Å². The summed E-state index contributed by atoms with van der Waals surface area (Å²) in [4.78, 5) is 16.7.